The van der Waals surface area contributed by atoms with Gasteiger partial charge in [-0.15, -0.1) is 0 Å². The summed E-state index contributed by atoms with van der Waals surface area (Å²) in [5.74, 6) is -1.52. The predicted molar refractivity (Wildman–Crippen MR) is 222 cm³/mol. The smallest absolute Gasteiger partial charge is 0.267 e. The summed E-state index contributed by atoms with van der Waals surface area (Å²) in [5, 5.41) is 23.4. The minimum absolute atomic E-state index is 0.286. The monoisotopic (exact) mass is 758 g/mol. The summed E-state index contributed by atoms with van der Waals surface area (Å²) in [6, 6.07) is -1.23. The van der Waals surface area contributed by atoms with Crippen LogP contribution < -0.4 is 5.32 Å². The van der Waals surface area contributed by atoms with Crippen molar-refractivity contribution in [1.82, 2.24) is 5.32 Å². The van der Waals surface area contributed by atoms with Crippen LogP contribution in [0.5, 0.6) is 0 Å². The summed E-state index contributed by atoms with van der Waals surface area (Å²) < 4.78 is 32.6. The Morgan fingerprint density at radius 1 is 0.519 bits per heavy atom. The lowest BCUT2D eigenvalue weighted by Crippen LogP contribution is -2.50. The number of aliphatic hydroxyl groups excluding tert-OH is 2. The molecular weight excluding hydrogens is 671 g/mol. The maximum absolute atomic E-state index is 12.6. The third-order valence-corrected chi connectivity index (χ3v) is 11.4. The number of rotatable bonds is 41. The largest absolute Gasteiger partial charge is 0.387 e. The van der Waals surface area contributed by atoms with Gasteiger partial charge >= 0.3 is 0 Å². The summed E-state index contributed by atoms with van der Waals surface area (Å²) in [6.45, 7) is 4.53. The predicted octanol–water partition coefficient (Wildman–Crippen LogP) is 12.3. The number of aliphatic hydroxyl groups is 2. The standard InChI is InChI=1S/C44H87NO6S/c1-3-5-7-9-11-13-15-17-19-20-21-22-23-25-27-29-31-33-35-37-39-43(47)44(48)45-41(40-52(49,50)51)42(46)38-36-34-32-30-28-26-24-18-16-14-12-10-8-6-4-2/h36,38,41-43,46-47H,3-35,37,39-40H2,1-2H3,(H,45,48)(H,49,50,51)/b38-36+. The third-order valence-electron chi connectivity index (χ3n) is 10.6. The number of carbonyl (C=O) groups is 1. The van der Waals surface area contributed by atoms with Gasteiger partial charge in [0, 0.05) is 0 Å². The molecule has 0 aliphatic heterocycles. The van der Waals surface area contributed by atoms with Gasteiger partial charge in [0.2, 0.25) is 5.91 Å². The highest BCUT2D eigenvalue weighted by molar-refractivity contribution is 7.85. The molecule has 0 radical (unpaired) electrons. The summed E-state index contributed by atoms with van der Waals surface area (Å²) >= 11 is 0. The average molecular weight is 758 g/mol. The van der Waals surface area contributed by atoms with Gasteiger partial charge in [0.15, 0.2) is 0 Å². The number of nitrogens with one attached hydrogen (secondary N) is 1. The highest BCUT2D eigenvalue weighted by Gasteiger charge is 2.27. The van der Waals surface area contributed by atoms with Crippen LogP contribution in [0, 0.1) is 0 Å². The van der Waals surface area contributed by atoms with E-state index in [1.54, 1.807) is 0 Å². The van der Waals surface area contributed by atoms with E-state index in [4.69, 9.17) is 0 Å². The molecule has 0 aliphatic carbocycles. The summed E-state index contributed by atoms with van der Waals surface area (Å²) in [7, 11) is -4.44. The molecule has 3 unspecified atom stereocenters. The molecule has 3 atom stereocenters. The molecule has 0 bridgehead atoms. The lowest BCUT2D eigenvalue weighted by Gasteiger charge is -2.22. The van der Waals surface area contributed by atoms with Crippen molar-refractivity contribution in [2.24, 2.45) is 0 Å². The van der Waals surface area contributed by atoms with Crippen LogP contribution in [0.15, 0.2) is 12.2 Å². The van der Waals surface area contributed by atoms with E-state index in [1.807, 2.05) is 6.08 Å². The van der Waals surface area contributed by atoms with Gasteiger partial charge in [-0.3, -0.25) is 9.35 Å². The first kappa shape index (κ1) is 51.0. The van der Waals surface area contributed by atoms with E-state index in [0.29, 0.717) is 6.42 Å². The SMILES string of the molecule is CCCCCCCCCCCCCCC/C=C/C(O)C(CS(=O)(=O)O)NC(=O)C(O)CCCCCCCCCCCCCCCCCCCCCC. The number of hydrogen-bond acceptors (Lipinski definition) is 5. The number of carbonyl (C=O) groups excluding carboxylic acids is 1. The Morgan fingerprint density at radius 3 is 1.15 bits per heavy atom. The minimum atomic E-state index is -4.44. The van der Waals surface area contributed by atoms with Crippen molar-refractivity contribution in [1.29, 1.82) is 0 Å². The van der Waals surface area contributed by atoms with Crippen molar-refractivity contribution in [3.8, 4) is 0 Å². The number of unbranched alkanes of at least 4 members (excludes halogenated alkanes) is 32. The molecule has 0 fully saturated rings. The van der Waals surface area contributed by atoms with Gasteiger partial charge in [0.25, 0.3) is 10.1 Å². The first-order valence-electron chi connectivity index (χ1n) is 22.5. The van der Waals surface area contributed by atoms with Gasteiger partial charge < -0.3 is 15.5 Å². The average Bonchev–Trinajstić information content (AvgIpc) is 3.11. The Kier molecular flexibility index (Phi) is 37.6. The lowest BCUT2D eigenvalue weighted by atomic mass is 10.0. The van der Waals surface area contributed by atoms with Crippen molar-refractivity contribution in [3.05, 3.63) is 12.2 Å². The van der Waals surface area contributed by atoms with E-state index in [2.05, 4.69) is 19.2 Å². The topological polar surface area (TPSA) is 124 Å². The molecule has 0 aromatic carbocycles. The Hall–Kier alpha value is -0.960. The quantitative estimate of drug-likeness (QED) is 0.0280. The van der Waals surface area contributed by atoms with Crippen molar-refractivity contribution >= 4 is 16.0 Å². The summed E-state index contributed by atoms with van der Waals surface area (Å²) in [5.41, 5.74) is 0. The molecule has 0 heterocycles. The Labute approximate surface area is 323 Å². The zero-order chi connectivity index (χ0) is 38.4. The van der Waals surface area contributed by atoms with Crippen LogP contribution in [0.3, 0.4) is 0 Å². The number of amides is 1. The molecular formula is C44H87NO6S. The highest BCUT2D eigenvalue weighted by Crippen LogP contribution is 2.16. The highest BCUT2D eigenvalue weighted by atomic mass is 32.2. The maximum Gasteiger partial charge on any atom is 0.267 e. The molecule has 1 amide bonds. The molecule has 52 heavy (non-hydrogen) atoms. The van der Waals surface area contributed by atoms with Crippen LogP contribution in [-0.4, -0.2) is 53.1 Å². The van der Waals surface area contributed by atoms with E-state index < -0.39 is 40.0 Å². The van der Waals surface area contributed by atoms with Crippen LogP contribution in [0.4, 0.5) is 0 Å². The van der Waals surface area contributed by atoms with Crippen LogP contribution in [0.2, 0.25) is 0 Å². The van der Waals surface area contributed by atoms with Gasteiger partial charge in [-0.1, -0.05) is 231 Å². The van der Waals surface area contributed by atoms with Crippen molar-refractivity contribution in [2.75, 3.05) is 5.75 Å². The fraction of sp³-hybridized carbons (Fsp3) is 0.932. The van der Waals surface area contributed by atoms with Crippen LogP contribution in [0.1, 0.15) is 239 Å². The molecule has 0 aliphatic rings. The lowest BCUT2D eigenvalue weighted by molar-refractivity contribution is -0.130. The molecule has 0 saturated heterocycles. The van der Waals surface area contributed by atoms with Crippen molar-refractivity contribution in [2.45, 2.75) is 257 Å². The molecule has 310 valence electrons. The molecule has 7 nitrogen and oxygen atoms in total. The molecule has 0 aromatic heterocycles. The first-order valence-corrected chi connectivity index (χ1v) is 24.1. The zero-order valence-corrected chi connectivity index (χ0v) is 35.1. The van der Waals surface area contributed by atoms with E-state index >= 15 is 0 Å². The van der Waals surface area contributed by atoms with Crippen LogP contribution >= 0.6 is 0 Å². The zero-order valence-electron chi connectivity index (χ0n) is 34.3. The van der Waals surface area contributed by atoms with Gasteiger partial charge in [0.1, 0.15) is 6.10 Å². The van der Waals surface area contributed by atoms with Crippen molar-refractivity contribution in [3.63, 3.8) is 0 Å². The summed E-state index contributed by atoms with van der Waals surface area (Å²) in [4.78, 5) is 12.6. The fourth-order valence-electron chi connectivity index (χ4n) is 7.11. The molecule has 4 N–H and O–H groups in total. The number of allylic oxidation sites excluding steroid dienone is 1. The summed E-state index contributed by atoms with van der Waals surface area (Å²) in [6.07, 6.45) is 44.1. The second-order valence-corrected chi connectivity index (χ2v) is 17.3. The molecule has 0 aromatic rings. The fourth-order valence-corrected chi connectivity index (χ4v) is 7.84. The van der Waals surface area contributed by atoms with Gasteiger partial charge in [0.05, 0.1) is 17.9 Å². The second-order valence-electron chi connectivity index (χ2n) is 15.8. The molecule has 0 spiro atoms. The maximum atomic E-state index is 12.6. The normalized spacial score (nSPS) is 13.9. The van der Waals surface area contributed by atoms with E-state index in [1.165, 1.54) is 179 Å². The van der Waals surface area contributed by atoms with Gasteiger partial charge in [-0.2, -0.15) is 8.42 Å². The van der Waals surface area contributed by atoms with E-state index in [0.717, 1.165) is 38.5 Å². The first-order chi connectivity index (χ1) is 25.2. The van der Waals surface area contributed by atoms with Gasteiger partial charge in [-0.05, 0) is 19.3 Å². The minimum Gasteiger partial charge on any atom is -0.387 e. The van der Waals surface area contributed by atoms with Crippen molar-refractivity contribution < 1.29 is 28.0 Å². The number of hydrogen-bond donors (Lipinski definition) is 4. The van der Waals surface area contributed by atoms with Crippen LogP contribution in [-0.2, 0) is 14.9 Å². The van der Waals surface area contributed by atoms with Crippen LogP contribution in [0.25, 0.3) is 0 Å². The van der Waals surface area contributed by atoms with Gasteiger partial charge in [-0.25, -0.2) is 0 Å². The Morgan fingerprint density at radius 2 is 0.827 bits per heavy atom. The Bertz CT molecular complexity index is 895. The molecule has 0 saturated carbocycles. The second kappa shape index (κ2) is 38.3. The van der Waals surface area contributed by atoms with E-state index in [-0.39, 0.29) is 6.42 Å². The molecule has 8 heteroatoms. The van der Waals surface area contributed by atoms with E-state index in [9.17, 15) is 28.0 Å². The third kappa shape index (κ3) is 37.4. The Balaban J connectivity index is 3.93. The molecule has 0 rings (SSSR count).